The van der Waals surface area contributed by atoms with Crippen LogP contribution in [0, 0.1) is 0 Å². The highest BCUT2D eigenvalue weighted by Crippen LogP contribution is 2.25. The Kier molecular flexibility index (Phi) is 7.18. The lowest BCUT2D eigenvalue weighted by Gasteiger charge is -2.05. The third-order valence-electron chi connectivity index (χ3n) is 2.86. The zero-order valence-electron chi connectivity index (χ0n) is 12.2. The largest absolute Gasteiger partial charge is 0.391 e. The van der Waals surface area contributed by atoms with E-state index >= 15 is 0 Å². The predicted molar refractivity (Wildman–Crippen MR) is 99.5 cm³/mol. The lowest BCUT2D eigenvalue weighted by molar-refractivity contribution is -0.115. The van der Waals surface area contributed by atoms with E-state index in [4.69, 9.17) is 51.2 Å². The van der Waals surface area contributed by atoms with Gasteiger partial charge in [0.25, 0.3) is 0 Å². The molecule has 0 bridgehead atoms. The molecule has 0 saturated carbocycles. The molecular weight excluding hydrogens is 394 g/mol. The molecule has 0 heterocycles. The molecule has 0 aliphatic heterocycles. The van der Waals surface area contributed by atoms with Crippen LogP contribution in [0.3, 0.4) is 0 Å². The normalized spacial score (nSPS) is 10.8. The molecule has 0 radical (unpaired) electrons. The Morgan fingerprint density at radius 1 is 1.04 bits per heavy atom. The fraction of sp³-hybridized carbons (Fsp3) is 0.125. The molecule has 2 rings (SSSR count). The third-order valence-corrected chi connectivity index (χ3v) is 4.19. The number of carbonyl (C=O) groups is 1. The molecule has 0 saturated heterocycles. The van der Waals surface area contributed by atoms with Gasteiger partial charge in [0, 0.05) is 21.3 Å². The van der Waals surface area contributed by atoms with E-state index in [0.717, 1.165) is 5.56 Å². The van der Waals surface area contributed by atoms with Crippen LogP contribution in [0.25, 0.3) is 0 Å². The number of anilines is 1. The average molecular weight is 406 g/mol. The summed E-state index contributed by atoms with van der Waals surface area (Å²) in [5, 5.41) is 8.22. The van der Waals surface area contributed by atoms with Gasteiger partial charge in [-0.15, -0.1) is 0 Å². The van der Waals surface area contributed by atoms with Crippen molar-refractivity contribution in [2.45, 2.75) is 13.0 Å². The summed E-state index contributed by atoms with van der Waals surface area (Å²) < 4.78 is 0. The number of nitrogens with zero attached hydrogens (tertiary/aromatic N) is 1. The minimum atomic E-state index is -0.259. The van der Waals surface area contributed by atoms with E-state index in [1.807, 2.05) is 0 Å². The Labute approximate surface area is 159 Å². The number of amides is 1. The first-order chi connectivity index (χ1) is 11.5. The van der Waals surface area contributed by atoms with Gasteiger partial charge in [-0.3, -0.25) is 4.79 Å². The van der Waals surface area contributed by atoms with Crippen LogP contribution < -0.4 is 5.32 Å². The summed E-state index contributed by atoms with van der Waals surface area (Å²) in [6.07, 6.45) is 1.41. The molecule has 0 atom stereocenters. The molecule has 1 N–H and O–H groups in total. The molecule has 2 aromatic rings. The average Bonchev–Trinajstić information content (AvgIpc) is 2.52. The van der Waals surface area contributed by atoms with Crippen LogP contribution in [-0.2, 0) is 16.2 Å². The summed E-state index contributed by atoms with van der Waals surface area (Å²) >= 11 is 23.5. The first kappa shape index (κ1) is 18.9. The molecule has 0 aliphatic carbocycles. The van der Waals surface area contributed by atoms with Crippen LogP contribution in [0.15, 0.2) is 41.6 Å². The van der Waals surface area contributed by atoms with Crippen molar-refractivity contribution in [2.24, 2.45) is 5.16 Å². The van der Waals surface area contributed by atoms with Gasteiger partial charge in [0.2, 0.25) is 5.91 Å². The van der Waals surface area contributed by atoms with E-state index < -0.39 is 0 Å². The third kappa shape index (κ3) is 5.87. The van der Waals surface area contributed by atoms with Gasteiger partial charge in [0.1, 0.15) is 6.61 Å². The Morgan fingerprint density at radius 3 is 2.54 bits per heavy atom. The lowest BCUT2D eigenvalue weighted by Crippen LogP contribution is -2.11. The molecule has 24 heavy (non-hydrogen) atoms. The second kappa shape index (κ2) is 9.14. The van der Waals surface area contributed by atoms with Gasteiger partial charge < -0.3 is 10.2 Å². The summed E-state index contributed by atoms with van der Waals surface area (Å²) in [6, 6.07) is 9.90. The van der Waals surface area contributed by atoms with Gasteiger partial charge in [-0.25, -0.2) is 0 Å². The zero-order chi connectivity index (χ0) is 17.5. The Balaban J connectivity index is 1.77. The smallest absolute Gasteiger partial charge is 0.229 e. The number of halogens is 4. The summed E-state index contributed by atoms with van der Waals surface area (Å²) in [6.45, 7) is 0.181. The fourth-order valence-corrected chi connectivity index (χ4v) is 2.47. The molecule has 0 spiro atoms. The van der Waals surface area contributed by atoms with E-state index in [9.17, 15) is 4.79 Å². The molecule has 0 aromatic heterocycles. The molecule has 126 valence electrons. The van der Waals surface area contributed by atoms with Crippen molar-refractivity contribution in [3.8, 4) is 0 Å². The number of hydrogen-bond donors (Lipinski definition) is 1. The van der Waals surface area contributed by atoms with E-state index in [1.165, 1.54) is 6.21 Å². The Morgan fingerprint density at radius 2 is 1.83 bits per heavy atom. The van der Waals surface area contributed by atoms with Crippen molar-refractivity contribution in [3.63, 3.8) is 0 Å². The second-order valence-corrected chi connectivity index (χ2v) is 6.34. The van der Waals surface area contributed by atoms with Crippen LogP contribution in [0.4, 0.5) is 5.69 Å². The first-order valence-electron chi connectivity index (χ1n) is 6.78. The Bertz CT molecular complexity index is 766. The molecule has 2 aromatic carbocycles. The van der Waals surface area contributed by atoms with Crippen molar-refractivity contribution < 1.29 is 9.63 Å². The standard InChI is InChI=1S/C16H12Cl4N2O2/c17-11-2-1-10(14(19)7-11)9-24-21-6-5-16(23)22-12-3-4-13(18)15(20)8-12/h1-4,6-8H,5,9H2,(H,22,23). The quantitative estimate of drug-likeness (QED) is 0.485. The van der Waals surface area contributed by atoms with E-state index in [1.54, 1.807) is 36.4 Å². The summed E-state index contributed by atoms with van der Waals surface area (Å²) in [5.41, 5.74) is 1.30. The van der Waals surface area contributed by atoms with Crippen LogP contribution in [0.2, 0.25) is 20.1 Å². The number of oxime groups is 1. The molecule has 4 nitrogen and oxygen atoms in total. The van der Waals surface area contributed by atoms with Gasteiger partial charge in [0.15, 0.2) is 0 Å². The molecule has 0 fully saturated rings. The van der Waals surface area contributed by atoms with Crippen LogP contribution in [0.5, 0.6) is 0 Å². The second-order valence-electron chi connectivity index (χ2n) is 4.68. The molecular formula is C16H12Cl4N2O2. The topological polar surface area (TPSA) is 50.7 Å². The fourth-order valence-electron chi connectivity index (χ4n) is 1.70. The maximum Gasteiger partial charge on any atom is 0.229 e. The monoisotopic (exact) mass is 404 g/mol. The van der Waals surface area contributed by atoms with Crippen molar-refractivity contribution in [1.82, 2.24) is 0 Å². The van der Waals surface area contributed by atoms with E-state index in [0.29, 0.717) is 25.8 Å². The van der Waals surface area contributed by atoms with E-state index in [2.05, 4.69) is 10.5 Å². The summed E-state index contributed by atoms with van der Waals surface area (Å²) in [5.74, 6) is -0.259. The van der Waals surface area contributed by atoms with Gasteiger partial charge >= 0.3 is 0 Å². The van der Waals surface area contributed by atoms with Gasteiger partial charge in [0.05, 0.1) is 22.7 Å². The van der Waals surface area contributed by atoms with Crippen LogP contribution >= 0.6 is 46.4 Å². The van der Waals surface area contributed by atoms with Crippen molar-refractivity contribution in [3.05, 3.63) is 62.1 Å². The number of nitrogens with one attached hydrogen (secondary N) is 1. The highest BCUT2D eigenvalue weighted by atomic mass is 35.5. The zero-order valence-corrected chi connectivity index (χ0v) is 15.3. The maximum absolute atomic E-state index is 11.8. The summed E-state index contributed by atoms with van der Waals surface area (Å²) in [7, 11) is 0. The van der Waals surface area contributed by atoms with Crippen molar-refractivity contribution >= 4 is 64.2 Å². The number of benzene rings is 2. The molecule has 0 unspecified atom stereocenters. The predicted octanol–water partition coefficient (Wildman–Crippen LogP) is 5.83. The van der Waals surface area contributed by atoms with Crippen LogP contribution in [0.1, 0.15) is 12.0 Å². The highest BCUT2D eigenvalue weighted by Gasteiger charge is 2.04. The number of hydrogen-bond acceptors (Lipinski definition) is 3. The van der Waals surface area contributed by atoms with E-state index in [-0.39, 0.29) is 18.9 Å². The van der Waals surface area contributed by atoms with Crippen LogP contribution in [-0.4, -0.2) is 12.1 Å². The van der Waals surface area contributed by atoms with Gasteiger partial charge in [-0.1, -0.05) is 57.6 Å². The number of carbonyl (C=O) groups excluding carboxylic acids is 1. The Hall–Kier alpha value is -1.46. The SMILES string of the molecule is O=C(CC=NOCc1ccc(Cl)cc1Cl)Nc1ccc(Cl)c(Cl)c1. The minimum Gasteiger partial charge on any atom is -0.391 e. The van der Waals surface area contributed by atoms with Gasteiger partial charge in [-0.05, 0) is 30.3 Å². The lowest BCUT2D eigenvalue weighted by atomic mass is 10.2. The first-order valence-corrected chi connectivity index (χ1v) is 8.29. The molecule has 8 heteroatoms. The molecule has 0 aliphatic rings. The number of rotatable bonds is 6. The highest BCUT2D eigenvalue weighted by molar-refractivity contribution is 6.42. The van der Waals surface area contributed by atoms with Gasteiger partial charge in [-0.2, -0.15) is 0 Å². The van der Waals surface area contributed by atoms with Crippen molar-refractivity contribution in [2.75, 3.05) is 5.32 Å². The van der Waals surface area contributed by atoms with Crippen molar-refractivity contribution in [1.29, 1.82) is 0 Å². The maximum atomic E-state index is 11.8. The minimum absolute atomic E-state index is 0.0502. The summed E-state index contributed by atoms with van der Waals surface area (Å²) in [4.78, 5) is 16.9. The molecule has 1 amide bonds.